The SMILES string of the molecule is Cc1ccc(-c2cn(CC3CCOCC3)cc(C(=O)Nc3cnc(Br)cn3)c2=O)cc1. The first-order valence-corrected chi connectivity index (χ1v) is 11.0. The Hall–Kier alpha value is -2.84. The van der Waals surface area contributed by atoms with Gasteiger partial charge in [-0.05, 0) is 47.2 Å². The van der Waals surface area contributed by atoms with Crippen LogP contribution in [0.1, 0.15) is 28.8 Å². The molecule has 7 nitrogen and oxygen atoms in total. The molecule has 1 aromatic carbocycles. The number of aryl methyl sites for hydroxylation is 1. The Labute approximate surface area is 188 Å². The van der Waals surface area contributed by atoms with Crippen molar-refractivity contribution in [2.24, 2.45) is 5.92 Å². The van der Waals surface area contributed by atoms with Gasteiger partial charge in [0.05, 0.1) is 12.4 Å². The van der Waals surface area contributed by atoms with Crippen molar-refractivity contribution in [1.29, 1.82) is 0 Å². The summed E-state index contributed by atoms with van der Waals surface area (Å²) in [5.41, 5.74) is 2.16. The van der Waals surface area contributed by atoms with Crippen molar-refractivity contribution in [2.45, 2.75) is 26.3 Å². The summed E-state index contributed by atoms with van der Waals surface area (Å²) >= 11 is 3.22. The minimum absolute atomic E-state index is 0.0786. The molecule has 8 heteroatoms. The number of nitrogens with zero attached hydrogens (tertiary/aromatic N) is 3. The monoisotopic (exact) mass is 482 g/mol. The van der Waals surface area contributed by atoms with E-state index in [-0.39, 0.29) is 16.8 Å². The molecule has 1 amide bonds. The first-order valence-electron chi connectivity index (χ1n) is 10.2. The topological polar surface area (TPSA) is 86.1 Å². The number of amides is 1. The number of benzene rings is 1. The first-order chi connectivity index (χ1) is 15.0. The van der Waals surface area contributed by atoms with E-state index in [2.05, 4.69) is 31.2 Å². The number of ether oxygens (including phenoxy) is 1. The molecule has 0 saturated carbocycles. The molecule has 0 bridgehead atoms. The fraction of sp³-hybridized carbons (Fsp3) is 0.304. The molecule has 0 spiro atoms. The number of nitrogens with one attached hydrogen (secondary N) is 1. The Morgan fingerprint density at radius 3 is 2.58 bits per heavy atom. The lowest BCUT2D eigenvalue weighted by molar-refractivity contribution is 0.0612. The summed E-state index contributed by atoms with van der Waals surface area (Å²) < 4.78 is 7.97. The molecule has 2 aromatic heterocycles. The Morgan fingerprint density at radius 2 is 1.90 bits per heavy atom. The maximum absolute atomic E-state index is 13.2. The highest BCUT2D eigenvalue weighted by molar-refractivity contribution is 9.10. The second kappa shape index (κ2) is 9.53. The molecule has 3 heterocycles. The second-order valence-electron chi connectivity index (χ2n) is 7.71. The molecule has 1 fully saturated rings. The number of anilines is 1. The Balaban J connectivity index is 1.71. The third-order valence-corrected chi connectivity index (χ3v) is 5.77. The highest BCUT2D eigenvalue weighted by Crippen LogP contribution is 2.21. The second-order valence-corrected chi connectivity index (χ2v) is 8.52. The number of pyridine rings is 1. The van der Waals surface area contributed by atoms with Gasteiger partial charge in [0.25, 0.3) is 5.91 Å². The Bertz CT molecular complexity index is 1120. The lowest BCUT2D eigenvalue weighted by atomic mass is 9.99. The van der Waals surface area contributed by atoms with Crippen LogP contribution in [0.15, 0.2) is 58.5 Å². The largest absolute Gasteiger partial charge is 0.381 e. The van der Waals surface area contributed by atoms with Crippen LogP contribution in [-0.2, 0) is 11.3 Å². The van der Waals surface area contributed by atoms with Crippen molar-refractivity contribution >= 4 is 27.7 Å². The lowest BCUT2D eigenvalue weighted by Gasteiger charge is -2.23. The molecule has 31 heavy (non-hydrogen) atoms. The molecule has 0 unspecified atom stereocenters. The number of hydrogen-bond donors (Lipinski definition) is 1. The van der Waals surface area contributed by atoms with E-state index < -0.39 is 5.91 Å². The molecule has 1 aliphatic heterocycles. The number of halogens is 1. The quantitative estimate of drug-likeness (QED) is 0.592. The average molecular weight is 483 g/mol. The van der Waals surface area contributed by atoms with Crippen molar-refractivity contribution in [3.8, 4) is 11.1 Å². The number of aromatic nitrogens is 3. The van der Waals surface area contributed by atoms with Gasteiger partial charge in [-0.3, -0.25) is 9.59 Å². The van der Waals surface area contributed by atoms with Crippen LogP contribution in [0.2, 0.25) is 0 Å². The van der Waals surface area contributed by atoms with Gasteiger partial charge in [0, 0.05) is 37.7 Å². The summed E-state index contributed by atoms with van der Waals surface area (Å²) in [6, 6.07) is 7.74. The predicted octanol–water partition coefficient (Wildman–Crippen LogP) is 4.06. The molecular weight excluding hydrogens is 460 g/mol. The van der Waals surface area contributed by atoms with Crippen LogP contribution in [0.5, 0.6) is 0 Å². The smallest absolute Gasteiger partial charge is 0.262 e. The van der Waals surface area contributed by atoms with E-state index in [1.807, 2.05) is 42.0 Å². The highest BCUT2D eigenvalue weighted by Gasteiger charge is 2.19. The van der Waals surface area contributed by atoms with E-state index in [1.165, 1.54) is 12.4 Å². The molecule has 1 saturated heterocycles. The average Bonchev–Trinajstić information content (AvgIpc) is 2.78. The molecule has 0 atom stereocenters. The Kier molecular flexibility index (Phi) is 6.58. The van der Waals surface area contributed by atoms with Gasteiger partial charge in [-0.1, -0.05) is 29.8 Å². The number of carbonyl (C=O) groups excluding carboxylic acids is 1. The lowest BCUT2D eigenvalue weighted by Crippen LogP contribution is -2.27. The van der Waals surface area contributed by atoms with Gasteiger partial charge < -0.3 is 14.6 Å². The van der Waals surface area contributed by atoms with Gasteiger partial charge in [0.15, 0.2) is 5.82 Å². The number of carbonyl (C=O) groups is 1. The summed E-state index contributed by atoms with van der Waals surface area (Å²) in [6.07, 6.45) is 8.33. The van der Waals surface area contributed by atoms with Crippen molar-refractivity contribution in [3.05, 3.63) is 75.0 Å². The fourth-order valence-corrected chi connectivity index (χ4v) is 3.83. The number of rotatable bonds is 5. The number of hydrogen-bond acceptors (Lipinski definition) is 5. The fourth-order valence-electron chi connectivity index (χ4n) is 3.62. The molecule has 4 rings (SSSR count). The van der Waals surface area contributed by atoms with E-state index >= 15 is 0 Å². The van der Waals surface area contributed by atoms with E-state index in [0.29, 0.717) is 16.1 Å². The van der Waals surface area contributed by atoms with Crippen LogP contribution < -0.4 is 10.7 Å². The van der Waals surface area contributed by atoms with E-state index in [4.69, 9.17) is 4.74 Å². The van der Waals surface area contributed by atoms with Crippen molar-refractivity contribution in [1.82, 2.24) is 14.5 Å². The van der Waals surface area contributed by atoms with Gasteiger partial charge >= 0.3 is 0 Å². The summed E-state index contributed by atoms with van der Waals surface area (Å²) in [5.74, 6) is 0.219. The van der Waals surface area contributed by atoms with Gasteiger partial charge in [-0.25, -0.2) is 9.97 Å². The normalized spacial score (nSPS) is 14.4. The van der Waals surface area contributed by atoms with E-state index in [1.54, 1.807) is 6.20 Å². The summed E-state index contributed by atoms with van der Waals surface area (Å²) in [7, 11) is 0. The van der Waals surface area contributed by atoms with Gasteiger partial charge in [-0.15, -0.1) is 0 Å². The van der Waals surface area contributed by atoms with Crippen LogP contribution in [-0.4, -0.2) is 33.7 Å². The highest BCUT2D eigenvalue weighted by atomic mass is 79.9. The molecule has 3 aromatic rings. The predicted molar refractivity (Wildman–Crippen MR) is 122 cm³/mol. The van der Waals surface area contributed by atoms with Crippen LogP contribution in [0.25, 0.3) is 11.1 Å². The minimum atomic E-state index is -0.503. The van der Waals surface area contributed by atoms with E-state index in [0.717, 1.165) is 43.7 Å². The van der Waals surface area contributed by atoms with Gasteiger partial charge in [-0.2, -0.15) is 0 Å². The van der Waals surface area contributed by atoms with Crippen molar-refractivity contribution in [3.63, 3.8) is 0 Å². The zero-order valence-corrected chi connectivity index (χ0v) is 18.8. The van der Waals surface area contributed by atoms with Crippen LogP contribution >= 0.6 is 15.9 Å². The zero-order chi connectivity index (χ0) is 21.8. The van der Waals surface area contributed by atoms with Crippen LogP contribution in [0, 0.1) is 12.8 Å². The van der Waals surface area contributed by atoms with E-state index in [9.17, 15) is 9.59 Å². The first kappa shape index (κ1) is 21.4. The zero-order valence-electron chi connectivity index (χ0n) is 17.2. The molecule has 1 aliphatic rings. The minimum Gasteiger partial charge on any atom is -0.381 e. The molecule has 0 aliphatic carbocycles. The standard InChI is InChI=1S/C23H23BrN4O3/c1-15-2-4-17(5-3-15)18-13-28(12-16-6-8-31-9-7-16)14-19(22(18)29)23(30)27-21-11-25-20(24)10-26-21/h2-5,10-11,13-14,16H,6-9,12H2,1H3,(H,26,27,30). The molecular formula is C23H23BrN4O3. The maximum Gasteiger partial charge on any atom is 0.262 e. The summed E-state index contributed by atoms with van der Waals surface area (Å²) in [4.78, 5) is 34.4. The van der Waals surface area contributed by atoms with Crippen LogP contribution in [0.3, 0.4) is 0 Å². The van der Waals surface area contributed by atoms with Gasteiger partial charge in [0.2, 0.25) is 5.43 Å². The maximum atomic E-state index is 13.2. The third-order valence-electron chi connectivity index (χ3n) is 5.36. The molecule has 1 N–H and O–H groups in total. The van der Waals surface area contributed by atoms with Gasteiger partial charge in [0.1, 0.15) is 10.2 Å². The van der Waals surface area contributed by atoms with Crippen LogP contribution in [0.4, 0.5) is 5.82 Å². The molecule has 160 valence electrons. The molecule has 0 radical (unpaired) electrons. The Morgan fingerprint density at radius 1 is 1.16 bits per heavy atom. The van der Waals surface area contributed by atoms with Crippen molar-refractivity contribution in [2.75, 3.05) is 18.5 Å². The summed E-state index contributed by atoms with van der Waals surface area (Å²) in [6.45, 7) is 4.20. The third kappa shape index (κ3) is 5.26. The summed E-state index contributed by atoms with van der Waals surface area (Å²) in [5, 5.41) is 2.68. The van der Waals surface area contributed by atoms with Crippen molar-refractivity contribution < 1.29 is 9.53 Å².